The van der Waals surface area contributed by atoms with E-state index in [9.17, 15) is 4.79 Å². The summed E-state index contributed by atoms with van der Waals surface area (Å²) in [6.45, 7) is 4.08. The molecular formula is C21H18N2O3. The van der Waals surface area contributed by atoms with Gasteiger partial charge in [0.15, 0.2) is 11.3 Å². The molecule has 0 amide bonds. The SMILES string of the molecule is Cc1cc(C)cc(Oc2cc(Cc3ccc(=O)[nH]n3)cc3ccoc23)c1. The van der Waals surface area contributed by atoms with Crippen molar-refractivity contribution in [2.75, 3.05) is 0 Å². The highest BCUT2D eigenvalue weighted by molar-refractivity contribution is 5.84. The number of hydrogen-bond acceptors (Lipinski definition) is 4. The van der Waals surface area contributed by atoms with Crippen LogP contribution in [0, 0.1) is 13.8 Å². The number of H-pyrrole nitrogens is 1. The molecule has 0 aliphatic carbocycles. The maximum atomic E-state index is 11.2. The van der Waals surface area contributed by atoms with Gasteiger partial charge in [-0.2, -0.15) is 5.10 Å². The molecule has 0 aliphatic heterocycles. The average molecular weight is 346 g/mol. The number of fused-ring (bicyclic) bond motifs is 1. The van der Waals surface area contributed by atoms with Crippen molar-refractivity contribution in [2.45, 2.75) is 20.3 Å². The Morgan fingerprint density at radius 3 is 2.58 bits per heavy atom. The van der Waals surface area contributed by atoms with E-state index >= 15 is 0 Å². The molecule has 0 unspecified atom stereocenters. The number of aryl methyl sites for hydroxylation is 2. The fraction of sp³-hybridized carbons (Fsp3) is 0.143. The molecule has 0 radical (unpaired) electrons. The van der Waals surface area contributed by atoms with Gasteiger partial charge in [-0.1, -0.05) is 6.07 Å². The number of rotatable bonds is 4. The average Bonchev–Trinajstić information content (AvgIpc) is 3.05. The van der Waals surface area contributed by atoms with Gasteiger partial charge in [-0.15, -0.1) is 0 Å². The van der Waals surface area contributed by atoms with Crippen LogP contribution in [0.5, 0.6) is 11.5 Å². The first-order valence-corrected chi connectivity index (χ1v) is 8.38. The van der Waals surface area contributed by atoms with E-state index in [1.54, 1.807) is 12.3 Å². The van der Waals surface area contributed by atoms with Crippen LogP contribution < -0.4 is 10.3 Å². The summed E-state index contributed by atoms with van der Waals surface area (Å²) in [5.74, 6) is 1.44. The monoisotopic (exact) mass is 346 g/mol. The largest absolute Gasteiger partial charge is 0.460 e. The van der Waals surface area contributed by atoms with Gasteiger partial charge in [0.05, 0.1) is 12.0 Å². The van der Waals surface area contributed by atoms with Gasteiger partial charge in [-0.05, 0) is 66.9 Å². The summed E-state index contributed by atoms with van der Waals surface area (Å²) in [5, 5.41) is 7.50. The molecule has 2 heterocycles. The maximum absolute atomic E-state index is 11.2. The van der Waals surface area contributed by atoms with Crippen LogP contribution in [0.4, 0.5) is 0 Å². The second kappa shape index (κ2) is 6.52. The van der Waals surface area contributed by atoms with Gasteiger partial charge in [0.1, 0.15) is 5.75 Å². The molecule has 0 saturated carbocycles. The molecule has 2 aromatic carbocycles. The predicted molar refractivity (Wildman–Crippen MR) is 99.9 cm³/mol. The summed E-state index contributed by atoms with van der Waals surface area (Å²) in [5.41, 5.74) is 4.59. The summed E-state index contributed by atoms with van der Waals surface area (Å²) < 4.78 is 11.8. The minimum atomic E-state index is -0.210. The van der Waals surface area contributed by atoms with Gasteiger partial charge in [0, 0.05) is 17.9 Å². The second-order valence-corrected chi connectivity index (χ2v) is 6.45. The van der Waals surface area contributed by atoms with Gasteiger partial charge < -0.3 is 9.15 Å². The summed E-state index contributed by atoms with van der Waals surface area (Å²) in [6.07, 6.45) is 2.24. The Hall–Kier alpha value is -3.34. The lowest BCUT2D eigenvalue weighted by Crippen LogP contribution is -2.07. The Kier molecular flexibility index (Phi) is 4.05. The van der Waals surface area contributed by atoms with E-state index in [2.05, 4.69) is 16.3 Å². The quantitative estimate of drug-likeness (QED) is 0.590. The number of hydrogen-bond donors (Lipinski definition) is 1. The Morgan fingerprint density at radius 1 is 1.04 bits per heavy atom. The molecule has 0 spiro atoms. The van der Waals surface area contributed by atoms with Gasteiger partial charge in [0.2, 0.25) is 0 Å². The first-order valence-electron chi connectivity index (χ1n) is 8.38. The minimum absolute atomic E-state index is 0.210. The molecule has 4 aromatic rings. The second-order valence-electron chi connectivity index (χ2n) is 6.45. The van der Waals surface area contributed by atoms with E-state index in [-0.39, 0.29) is 5.56 Å². The van der Waals surface area contributed by atoms with Crippen LogP contribution in [0.15, 0.2) is 64.0 Å². The van der Waals surface area contributed by atoms with Crippen LogP contribution in [0.25, 0.3) is 11.0 Å². The van der Waals surface area contributed by atoms with Gasteiger partial charge in [-0.25, -0.2) is 5.10 Å². The zero-order valence-electron chi connectivity index (χ0n) is 14.6. The highest BCUT2D eigenvalue weighted by Crippen LogP contribution is 2.33. The molecule has 130 valence electrons. The third-order valence-corrected chi connectivity index (χ3v) is 4.12. The molecule has 4 rings (SSSR count). The van der Waals surface area contributed by atoms with Gasteiger partial charge >= 0.3 is 0 Å². The number of aromatic amines is 1. The number of benzene rings is 2. The van der Waals surface area contributed by atoms with E-state index in [1.165, 1.54) is 6.07 Å². The van der Waals surface area contributed by atoms with Crippen molar-refractivity contribution in [3.63, 3.8) is 0 Å². The van der Waals surface area contributed by atoms with Crippen molar-refractivity contribution in [1.82, 2.24) is 10.2 Å². The molecule has 5 heteroatoms. The molecule has 0 aliphatic rings. The first-order chi connectivity index (χ1) is 12.6. The summed E-state index contributed by atoms with van der Waals surface area (Å²) in [7, 11) is 0. The first kappa shape index (κ1) is 16.1. The van der Waals surface area contributed by atoms with E-state index < -0.39 is 0 Å². The Morgan fingerprint density at radius 2 is 1.85 bits per heavy atom. The van der Waals surface area contributed by atoms with E-state index in [1.807, 2.05) is 44.2 Å². The lowest BCUT2D eigenvalue weighted by molar-refractivity contribution is 0.471. The number of ether oxygens (including phenoxy) is 1. The van der Waals surface area contributed by atoms with Gasteiger partial charge in [-0.3, -0.25) is 4.79 Å². The molecule has 0 bridgehead atoms. The molecule has 1 N–H and O–H groups in total. The summed E-state index contributed by atoms with van der Waals surface area (Å²) in [6, 6.07) is 15.2. The maximum Gasteiger partial charge on any atom is 0.264 e. The fourth-order valence-electron chi connectivity index (χ4n) is 3.09. The minimum Gasteiger partial charge on any atom is -0.460 e. The van der Waals surface area contributed by atoms with E-state index in [0.717, 1.165) is 33.5 Å². The predicted octanol–water partition coefficient (Wildman–Crippen LogP) is 4.52. The lowest BCUT2D eigenvalue weighted by Gasteiger charge is -2.10. The van der Waals surface area contributed by atoms with E-state index in [0.29, 0.717) is 17.8 Å². The highest BCUT2D eigenvalue weighted by Gasteiger charge is 2.11. The molecule has 5 nitrogen and oxygen atoms in total. The van der Waals surface area contributed by atoms with Crippen LogP contribution in [0.1, 0.15) is 22.4 Å². The Bertz CT molecular complexity index is 1100. The molecule has 0 saturated heterocycles. The topological polar surface area (TPSA) is 68.1 Å². The molecule has 0 fully saturated rings. The summed E-state index contributed by atoms with van der Waals surface area (Å²) in [4.78, 5) is 11.2. The smallest absolute Gasteiger partial charge is 0.264 e. The highest BCUT2D eigenvalue weighted by atomic mass is 16.5. The van der Waals surface area contributed by atoms with E-state index in [4.69, 9.17) is 9.15 Å². The third-order valence-electron chi connectivity index (χ3n) is 4.12. The van der Waals surface area contributed by atoms with Crippen LogP contribution in [-0.2, 0) is 6.42 Å². The standard InChI is InChI=1S/C21H18N2O3/c1-13-7-14(2)9-18(8-13)26-19-12-15(10-16-5-6-25-21(16)19)11-17-3-4-20(24)23-22-17/h3-10,12H,11H2,1-2H3,(H,23,24). The van der Waals surface area contributed by atoms with Crippen molar-refractivity contribution in [3.8, 4) is 11.5 Å². The lowest BCUT2D eigenvalue weighted by atomic mass is 10.1. The third kappa shape index (κ3) is 3.37. The Labute approximate surface area is 150 Å². The molecular weight excluding hydrogens is 328 g/mol. The molecule has 0 atom stereocenters. The van der Waals surface area contributed by atoms with Crippen molar-refractivity contribution < 1.29 is 9.15 Å². The van der Waals surface area contributed by atoms with Crippen LogP contribution in [0.2, 0.25) is 0 Å². The summed E-state index contributed by atoms with van der Waals surface area (Å²) >= 11 is 0. The van der Waals surface area contributed by atoms with Crippen molar-refractivity contribution in [3.05, 3.63) is 87.5 Å². The number of furan rings is 1. The van der Waals surface area contributed by atoms with Gasteiger partial charge in [0.25, 0.3) is 5.56 Å². The van der Waals surface area contributed by atoms with Crippen LogP contribution in [-0.4, -0.2) is 10.2 Å². The number of nitrogens with zero attached hydrogens (tertiary/aromatic N) is 1. The molecule has 26 heavy (non-hydrogen) atoms. The van der Waals surface area contributed by atoms with Crippen molar-refractivity contribution in [1.29, 1.82) is 0 Å². The zero-order valence-corrected chi connectivity index (χ0v) is 14.6. The van der Waals surface area contributed by atoms with Crippen molar-refractivity contribution in [2.24, 2.45) is 0 Å². The fourth-order valence-corrected chi connectivity index (χ4v) is 3.09. The zero-order chi connectivity index (χ0) is 18.1. The Balaban J connectivity index is 1.72. The van der Waals surface area contributed by atoms with Crippen molar-refractivity contribution >= 4 is 11.0 Å². The van der Waals surface area contributed by atoms with Crippen LogP contribution in [0.3, 0.4) is 0 Å². The number of nitrogens with one attached hydrogen (secondary N) is 1. The number of aromatic nitrogens is 2. The normalized spacial score (nSPS) is 11.0. The van der Waals surface area contributed by atoms with Crippen LogP contribution >= 0.6 is 0 Å². The molecule has 2 aromatic heterocycles.